The van der Waals surface area contributed by atoms with Gasteiger partial charge in [0.15, 0.2) is 0 Å². The minimum Gasteiger partial charge on any atom is -0.453 e. The molecule has 0 saturated carbocycles. The van der Waals surface area contributed by atoms with Gasteiger partial charge in [0.05, 0.1) is 111 Å². The number of hydrogen-bond acceptors (Lipinski definition) is 18. The molecular weight excluding hydrogens is 1680 g/mol. The summed E-state index contributed by atoms with van der Waals surface area (Å²) >= 11 is 3.44. The van der Waals surface area contributed by atoms with Crippen molar-refractivity contribution in [3.63, 3.8) is 0 Å². The first kappa shape index (κ1) is 94.2. The number of imidazole rings is 4. The minimum atomic E-state index is -0.688. The van der Waals surface area contributed by atoms with Crippen molar-refractivity contribution in [3.8, 4) is 56.2 Å². The molecule has 0 unspecified atom stereocenters. The Labute approximate surface area is 750 Å². The zero-order valence-corrected chi connectivity index (χ0v) is 76.1. The summed E-state index contributed by atoms with van der Waals surface area (Å²) in [5.74, 6) is 2.13. The van der Waals surface area contributed by atoms with Gasteiger partial charge >= 0.3 is 31.5 Å². The first-order chi connectivity index (χ1) is 60.2. The fourth-order valence-corrected chi connectivity index (χ4v) is 17.3. The van der Waals surface area contributed by atoms with E-state index in [-0.39, 0.29) is 90.1 Å². The van der Waals surface area contributed by atoms with Gasteiger partial charge < -0.3 is 89.1 Å². The highest BCUT2D eigenvalue weighted by Gasteiger charge is 2.52. The van der Waals surface area contributed by atoms with Gasteiger partial charge in [-0.1, -0.05) is 170 Å². The maximum atomic E-state index is 13.6. The zero-order valence-electron chi connectivity index (χ0n) is 74.5. The fraction of sp³-hybridized carbons (Fsp3) is 0.453. The summed E-state index contributed by atoms with van der Waals surface area (Å²) in [7, 11) is 4.77. The Hall–Kier alpha value is -11.9. The number of carbonyl (C=O) groups is 8. The topological polar surface area (TPSA) is 368 Å². The van der Waals surface area contributed by atoms with Crippen LogP contribution in [0.4, 0.5) is 19.2 Å². The number of aromatic nitrogens is 8. The van der Waals surface area contributed by atoms with Crippen LogP contribution in [-0.4, -0.2) is 205 Å². The molecular formula is C95H120BBrN16O14. The average Bonchev–Trinajstić information content (AvgIpc) is 1.62. The number of fused-ring (bicyclic) bond motifs is 2. The Morgan fingerprint density at radius 1 is 0.378 bits per heavy atom. The number of aromatic amines is 4. The SMILES string of the molecule is C.COC(=O)N[C@H](C(=O)N1CCC[C@H]1c1ncc(-c2ccc(-c3ccc4cc(-c5cnc([C@@H]6CCCN6C(=O)[C@@H](NC(=O)OC)C(C)C)[nH]5)ccc4c3)cc2)[nH]1)C(C)C.COC(=O)N[C@H](C(=O)N1CCC[C@H]1c1ncc(-c2ccc(Br)cc2)[nH]1)C(C)C.COC(=O)N[C@H](C(=O)N1CCC[C@H]1c1ncc(-c2ccc3cc(B4OC(C)(C)C(C)(C)O4)ccc3c2)[nH]1)C(C)C. The predicted octanol–water partition coefficient (Wildman–Crippen LogP) is 16.5. The third-order valence-corrected chi connectivity index (χ3v) is 25.4. The molecule has 0 radical (unpaired) electrons. The van der Waals surface area contributed by atoms with Crippen molar-refractivity contribution in [1.29, 1.82) is 0 Å². The molecule has 8 N–H and O–H groups in total. The van der Waals surface area contributed by atoms with Crippen molar-refractivity contribution in [1.82, 2.24) is 80.7 Å². The van der Waals surface area contributed by atoms with E-state index in [0.717, 1.165) is 162 Å². The highest BCUT2D eigenvalue weighted by atomic mass is 79.9. The number of alkyl carbamates (subject to hydrolysis) is 4. The van der Waals surface area contributed by atoms with Crippen LogP contribution in [0.2, 0.25) is 0 Å². The molecule has 5 saturated heterocycles. The van der Waals surface area contributed by atoms with E-state index in [4.69, 9.17) is 28.5 Å². The molecule has 127 heavy (non-hydrogen) atoms. The molecule has 0 bridgehead atoms. The van der Waals surface area contributed by atoms with Gasteiger partial charge in [0.1, 0.15) is 47.5 Å². The van der Waals surface area contributed by atoms with E-state index in [1.165, 1.54) is 28.4 Å². The second-order valence-electron chi connectivity index (χ2n) is 35.2. The third kappa shape index (κ3) is 21.4. The van der Waals surface area contributed by atoms with Crippen molar-refractivity contribution < 1.29 is 66.6 Å². The monoisotopic (exact) mass is 1800 g/mol. The van der Waals surface area contributed by atoms with Crippen molar-refractivity contribution in [3.05, 3.63) is 174 Å². The van der Waals surface area contributed by atoms with Gasteiger partial charge in [0, 0.05) is 41.8 Å². The summed E-state index contributed by atoms with van der Waals surface area (Å²) in [6.07, 6.45) is 11.5. The molecule has 6 aromatic carbocycles. The quantitative estimate of drug-likeness (QED) is 0.0231. The van der Waals surface area contributed by atoms with Crippen LogP contribution < -0.4 is 26.7 Å². The Balaban J connectivity index is 0.000000184. The Kier molecular flexibility index (Phi) is 30.3. The lowest BCUT2D eigenvalue weighted by Gasteiger charge is -2.32. The first-order valence-corrected chi connectivity index (χ1v) is 44.2. The van der Waals surface area contributed by atoms with Gasteiger partial charge in [-0.15, -0.1) is 0 Å². The van der Waals surface area contributed by atoms with E-state index in [1.807, 2.05) is 118 Å². The average molecular weight is 1800 g/mol. The smallest absolute Gasteiger partial charge is 0.453 e. The summed E-state index contributed by atoms with van der Waals surface area (Å²) in [5, 5.41) is 15.1. The van der Waals surface area contributed by atoms with Gasteiger partial charge in [-0.2, -0.15) is 0 Å². The van der Waals surface area contributed by atoms with Crippen molar-refractivity contribution in [2.24, 2.45) is 23.7 Å². The molecule has 9 heterocycles. The van der Waals surface area contributed by atoms with Crippen molar-refractivity contribution in [2.75, 3.05) is 54.6 Å². The van der Waals surface area contributed by atoms with Gasteiger partial charge in [0.25, 0.3) is 0 Å². The molecule has 32 heteroatoms. The van der Waals surface area contributed by atoms with Crippen LogP contribution in [0.1, 0.15) is 189 Å². The normalized spacial score (nSPS) is 18.5. The number of nitrogens with zero attached hydrogens (tertiary/aromatic N) is 8. The molecule has 0 aliphatic carbocycles. The number of amides is 8. The van der Waals surface area contributed by atoms with Crippen LogP contribution in [0, 0.1) is 23.7 Å². The lowest BCUT2D eigenvalue weighted by molar-refractivity contribution is -0.136. The second-order valence-corrected chi connectivity index (χ2v) is 36.1. The number of nitrogens with one attached hydrogen (secondary N) is 8. The molecule has 674 valence electrons. The highest BCUT2D eigenvalue weighted by Crippen LogP contribution is 2.41. The van der Waals surface area contributed by atoms with Gasteiger partial charge in [0.2, 0.25) is 23.6 Å². The number of likely N-dealkylation sites (tertiary alicyclic amines) is 4. The lowest BCUT2D eigenvalue weighted by atomic mass is 9.78. The van der Waals surface area contributed by atoms with Gasteiger partial charge in [-0.3, -0.25) is 19.2 Å². The second kappa shape index (κ2) is 40.8. The summed E-state index contributed by atoms with van der Waals surface area (Å²) < 4.78 is 32.4. The maximum Gasteiger partial charge on any atom is 0.494 e. The Morgan fingerprint density at radius 2 is 0.630 bits per heavy atom. The lowest BCUT2D eigenvalue weighted by Crippen LogP contribution is -2.51. The van der Waals surface area contributed by atoms with Gasteiger partial charge in [-0.25, -0.2) is 39.1 Å². The maximum absolute atomic E-state index is 13.6. The zero-order chi connectivity index (χ0) is 90.2. The molecule has 8 amide bonds. The van der Waals surface area contributed by atoms with E-state index >= 15 is 0 Å². The molecule has 5 aliphatic heterocycles. The van der Waals surface area contributed by atoms with E-state index < -0.39 is 55.7 Å². The Bertz CT molecular complexity index is 5530. The minimum absolute atomic E-state index is 0. The number of ether oxygens (including phenoxy) is 4. The summed E-state index contributed by atoms with van der Waals surface area (Å²) in [6.45, 7) is 25.9. The number of carbonyl (C=O) groups excluding carboxylic acids is 8. The van der Waals surface area contributed by atoms with E-state index in [1.54, 1.807) is 6.20 Å². The standard InChI is InChI=1S/C44H52N8O6.C30H39BN4O5.C20H25BrN4O3.CH4/c1-25(2)37(49-43(55)57-5)41(53)51-19-7-9-35(51)39-45-23-33(47-39)28-13-11-27(12-14-28)29-15-16-31-22-32(18-17-30(31)21-29)34-24-46-40(48-34)36-10-8-20-52(36)42(54)38(26(3)4)50-44(56)58-6;1-18(2)25(34-28(37)38-7)27(36)35-14-8-9-24(35)26-32-17-23(33-26)21-11-10-20-16-22(13-12-19(20)15-21)31-39-29(3,4)30(5,6)40-31;1-12(2)17(24-20(27)28-3)19(26)25-10-4-5-16(25)18-22-11-15(23-18)13-6-8-14(21)9-7-13;/h11-18,21-26,35-38H,7-10,19-20H2,1-6H3,(H,45,47)(H,46,48)(H,49,55)(H,50,56);10-13,15-18,24-25H,8-9,14H2,1-7H3,(H,32,33)(H,34,37);6-9,11-12,16-17H,4-5,10H2,1-3H3,(H,22,23)(H,24,27);1H4/t35-,36-,37-,38-;24-,25-;16-,17-;/m000./s1. The van der Waals surface area contributed by atoms with E-state index in [2.05, 4.69) is 202 Å². The largest absolute Gasteiger partial charge is 0.494 e. The number of rotatable bonds is 22. The molecule has 30 nitrogen and oxygen atoms in total. The Morgan fingerprint density at radius 3 is 0.929 bits per heavy atom. The van der Waals surface area contributed by atoms with Gasteiger partial charge in [-0.05, 0) is 182 Å². The molecule has 15 rings (SSSR count). The molecule has 5 fully saturated rings. The number of H-pyrrole nitrogens is 4. The molecule has 0 spiro atoms. The van der Waals surface area contributed by atoms with Crippen LogP contribution in [0.3, 0.4) is 0 Å². The van der Waals surface area contributed by atoms with Crippen LogP contribution in [0.25, 0.3) is 77.7 Å². The molecule has 8 atom stereocenters. The first-order valence-electron chi connectivity index (χ1n) is 43.4. The van der Waals surface area contributed by atoms with Crippen LogP contribution in [0.5, 0.6) is 0 Å². The van der Waals surface area contributed by atoms with Crippen molar-refractivity contribution >= 4 is 98.1 Å². The summed E-state index contributed by atoms with van der Waals surface area (Å²) in [6, 6.07) is 38.2. The molecule has 4 aromatic heterocycles. The van der Waals surface area contributed by atoms with E-state index in [0.29, 0.717) is 26.2 Å². The highest BCUT2D eigenvalue weighted by molar-refractivity contribution is 9.10. The third-order valence-electron chi connectivity index (χ3n) is 24.9. The molecule has 10 aromatic rings. The number of halogens is 1. The number of hydrogen-bond donors (Lipinski definition) is 8. The van der Waals surface area contributed by atoms with Crippen molar-refractivity contribution in [2.45, 2.75) is 201 Å². The van der Waals surface area contributed by atoms with Crippen LogP contribution in [-0.2, 0) is 47.4 Å². The van der Waals surface area contributed by atoms with Crippen LogP contribution >= 0.6 is 15.9 Å². The van der Waals surface area contributed by atoms with Crippen LogP contribution in [0.15, 0.2) is 151 Å². The summed E-state index contributed by atoms with van der Waals surface area (Å²) in [4.78, 5) is 141. The number of methoxy groups -OCH3 is 4. The summed E-state index contributed by atoms with van der Waals surface area (Å²) in [5.41, 5.74) is 9.95. The fourth-order valence-electron chi connectivity index (χ4n) is 17.0. The van der Waals surface area contributed by atoms with E-state index in [9.17, 15) is 38.4 Å². The molecule has 5 aliphatic rings. The number of benzene rings is 6. The predicted molar refractivity (Wildman–Crippen MR) is 492 cm³/mol.